The summed E-state index contributed by atoms with van der Waals surface area (Å²) in [7, 11) is 0. The summed E-state index contributed by atoms with van der Waals surface area (Å²) in [5.41, 5.74) is 5.54. The fourth-order valence-electron chi connectivity index (χ4n) is 1.96. The average Bonchev–Trinajstić information content (AvgIpc) is 2.68. The first-order chi connectivity index (χ1) is 6.92. The highest BCUT2D eigenvalue weighted by Gasteiger charge is 2.17. The molecule has 14 heavy (non-hydrogen) atoms. The van der Waals surface area contributed by atoms with E-state index in [0.717, 1.165) is 38.3 Å². The highest BCUT2D eigenvalue weighted by molar-refractivity contribution is 4.96. The quantitative estimate of drug-likeness (QED) is 0.773. The number of imidazole rings is 1. The Hall–Kier alpha value is -0.870. The minimum Gasteiger partial charge on any atom is -0.381 e. The van der Waals surface area contributed by atoms with E-state index in [0.29, 0.717) is 12.6 Å². The Labute approximate surface area is 84.1 Å². The van der Waals surface area contributed by atoms with Gasteiger partial charge in [-0.1, -0.05) is 0 Å². The van der Waals surface area contributed by atoms with Gasteiger partial charge in [0.15, 0.2) is 0 Å². The molecule has 0 aromatic carbocycles. The lowest BCUT2D eigenvalue weighted by atomic mass is 10.1. The van der Waals surface area contributed by atoms with E-state index in [1.807, 2.05) is 6.20 Å². The van der Waals surface area contributed by atoms with E-state index in [1.54, 1.807) is 0 Å². The maximum Gasteiger partial charge on any atom is 0.110 e. The fourth-order valence-corrected chi connectivity index (χ4v) is 1.96. The van der Waals surface area contributed by atoms with Crippen LogP contribution < -0.4 is 5.73 Å². The molecule has 4 heteroatoms. The van der Waals surface area contributed by atoms with Crippen molar-refractivity contribution in [3.05, 3.63) is 18.2 Å². The Kier molecular flexibility index (Phi) is 3.16. The zero-order valence-corrected chi connectivity index (χ0v) is 8.35. The number of ether oxygens (including phenoxy) is 1. The first-order valence-corrected chi connectivity index (χ1v) is 5.21. The lowest BCUT2D eigenvalue weighted by molar-refractivity contribution is 0.0688. The van der Waals surface area contributed by atoms with E-state index in [-0.39, 0.29) is 0 Å². The summed E-state index contributed by atoms with van der Waals surface area (Å²) in [5.74, 6) is 1.11. The van der Waals surface area contributed by atoms with Crippen molar-refractivity contribution in [2.24, 2.45) is 5.73 Å². The van der Waals surface area contributed by atoms with Crippen molar-refractivity contribution in [1.82, 2.24) is 9.55 Å². The van der Waals surface area contributed by atoms with E-state index in [2.05, 4.69) is 15.7 Å². The SMILES string of the molecule is NCCc1nccn1C1CCOCC1. The molecule has 2 rings (SSSR count). The highest BCUT2D eigenvalue weighted by atomic mass is 16.5. The van der Waals surface area contributed by atoms with Gasteiger partial charge < -0.3 is 15.0 Å². The average molecular weight is 195 g/mol. The van der Waals surface area contributed by atoms with Gasteiger partial charge in [0, 0.05) is 38.1 Å². The monoisotopic (exact) mass is 195 g/mol. The molecule has 1 aliphatic heterocycles. The van der Waals surface area contributed by atoms with Crippen molar-refractivity contribution in [3.8, 4) is 0 Å². The summed E-state index contributed by atoms with van der Waals surface area (Å²) in [6, 6.07) is 0.563. The molecule has 0 saturated carbocycles. The van der Waals surface area contributed by atoms with Crippen molar-refractivity contribution in [1.29, 1.82) is 0 Å². The molecule has 0 radical (unpaired) electrons. The van der Waals surface area contributed by atoms with Crippen LogP contribution in [0.1, 0.15) is 24.7 Å². The summed E-state index contributed by atoms with van der Waals surface area (Å²) in [6.45, 7) is 2.40. The molecule has 1 saturated heterocycles. The normalized spacial score (nSPS) is 18.6. The zero-order chi connectivity index (χ0) is 9.80. The first-order valence-electron chi connectivity index (χ1n) is 5.21. The van der Waals surface area contributed by atoms with Crippen LogP contribution in [0.2, 0.25) is 0 Å². The van der Waals surface area contributed by atoms with Crippen LogP contribution in [0, 0.1) is 0 Å². The van der Waals surface area contributed by atoms with Gasteiger partial charge in [0.2, 0.25) is 0 Å². The smallest absolute Gasteiger partial charge is 0.110 e. The largest absolute Gasteiger partial charge is 0.381 e. The second kappa shape index (κ2) is 4.57. The number of rotatable bonds is 3. The van der Waals surface area contributed by atoms with Gasteiger partial charge in [0.05, 0.1) is 0 Å². The Morgan fingerprint density at radius 3 is 3.00 bits per heavy atom. The number of hydrogen-bond acceptors (Lipinski definition) is 3. The molecule has 2 N–H and O–H groups in total. The van der Waals surface area contributed by atoms with Crippen molar-refractivity contribution in [2.45, 2.75) is 25.3 Å². The maximum atomic E-state index is 5.54. The molecule has 0 bridgehead atoms. The van der Waals surface area contributed by atoms with Crippen LogP contribution in [0.5, 0.6) is 0 Å². The molecule has 1 fully saturated rings. The summed E-state index contributed by atoms with van der Waals surface area (Å²) < 4.78 is 7.60. The van der Waals surface area contributed by atoms with Crippen LogP contribution in [0.25, 0.3) is 0 Å². The van der Waals surface area contributed by atoms with Gasteiger partial charge in [-0.25, -0.2) is 4.98 Å². The molecule has 78 valence electrons. The van der Waals surface area contributed by atoms with Gasteiger partial charge in [-0.3, -0.25) is 0 Å². The van der Waals surface area contributed by atoms with Crippen LogP contribution in [-0.2, 0) is 11.2 Å². The van der Waals surface area contributed by atoms with E-state index in [4.69, 9.17) is 10.5 Å². The molecule has 1 aromatic rings. The Morgan fingerprint density at radius 1 is 1.50 bits per heavy atom. The van der Waals surface area contributed by atoms with Gasteiger partial charge in [-0.2, -0.15) is 0 Å². The minimum absolute atomic E-state index is 0.563. The summed E-state index contributed by atoms with van der Waals surface area (Å²) in [5, 5.41) is 0. The van der Waals surface area contributed by atoms with Crippen molar-refractivity contribution in [2.75, 3.05) is 19.8 Å². The molecular formula is C10H17N3O. The minimum atomic E-state index is 0.563. The van der Waals surface area contributed by atoms with Gasteiger partial charge in [0.1, 0.15) is 5.82 Å². The van der Waals surface area contributed by atoms with Crippen LogP contribution in [-0.4, -0.2) is 29.3 Å². The molecule has 1 aliphatic rings. The Bertz CT molecular complexity index is 279. The Morgan fingerprint density at radius 2 is 2.29 bits per heavy atom. The van der Waals surface area contributed by atoms with Crippen LogP contribution in [0.15, 0.2) is 12.4 Å². The van der Waals surface area contributed by atoms with Crippen LogP contribution in [0.3, 0.4) is 0 Å². The summed E-state index contributed by atoms with van der Waals surface area (Å²) in [6.07, 6.45) is 6.97. The third kappa shape index (κ3) is 1.96. The van der Waals surface area contributed by atoms with E-state index >= 15 is 0 Å². The van der Waals surface area contributed by atoms with Crippen molar-refractivity contribution >= 4 is 0 Å². The topological polar surface area (TPSA) is 53.1 Å². The highest BCUT2D eigenvalue weighted by Crippen LogP contribution is 2.21. The second-order valence-corrected chi connectivity index (χ2v) is 3.63. The molecule has 0 atom stereocenters. The molecule has 2 heterocycles. The maximum absolute atomic E-state index is 5.54. The van der Waals surface area contributed by atoms with E-state index < -0.39 is 0 Å². The third-order valence-corrected chi connectivity index (χ3v) is 2.70. The third-order valence-electron chi connectivity index (χ3n) is 2.70. The molecule has 4 nitrogen and oxygen atoms in total. The number of hydrogen-bond donors (Lipinski definition) is 1. The lowest BCUT2D eigenvalue weighted by Crippen LogP contribution is -2.21. The number of nitrogens with zero attached hydrogens (tertiary/aromatic N) is 2. The van der Waals surface area contributed by atoms with Crippen molar-refractivity contribution < 1.29 is 4.74 Å². The van der Waals surface area contributed by atoms with Crippen LogP contribution >= 0.6 is 0 Å². The first kappa shape index (κ1) is 9.68. The van der Waals surface area contributed by atoms with E-state index in [9.17, 15) is 0 Å². The molecule has 0 aliphatic carbocycles. The Balaban J connectivity index is 2.09. The van der Waals surface area contributed by atoms with Gasteiger partial charge in [-0.05, 0) is 19.4 Å². The van der Waals surface area contributed by atoms with Gasteiger partial charge in [-0.15, -0.1) is 0 Å². The molecule has 0 amide bonds. The summed E-state index contributed by atoms with van der Waals surface area (Å²) in [4.78, 5) is 4.32. The zero-order valence-electron chi connectivity index (χ0n) is 8.35. The van der Waals surface area contributed by atoms with E-state index in [1.165, 1.54) is 0 Å². The predicted molar refractivity (Wildman–Crippen MR) is 54.1 cm³/mol. The van der Waals surface area contributed by atoms with Crippen LogP contribution in [0.4, 0.5) is 0 Å². The number of nitrogens with two attached hydrogens (primary N) is 1. The fraction of sp³-hybridized carbons (Fsp3) is 0.700. The summed E-state index contributed by atoms with van der Waals surface area (Å²) >= 11 is 0. The van der Waals surface area contributed by atoms with Gasteiger partial charge >= 0.3 is 0 Å². The molecule has 0 unspecified atom stereocenters. The molecule has 1 aromatic heterocycles. The predicted octanol–water partition coefficient (Wildman–Crippen LogP) is 0.736. The number of aromatic nitrogens is 2. The second-order valence-electron chi connectivity index (χ2n) is 3.63. The van der Waals surface area contributed by atoms with Crippen molar-refractivity contribution in [3.63, 3.8) is 0 Å². The van der Waals surface area contributed by atoms with Gasteiger partial charge in [0.25, 0.3) is 0 Å². The molecule has 0 spiro atoms. The standard InChI is InChI=1S/C10H17N3O/c11-4-1-10-12-5-6-13(10)9-2-7-14-8-3-9/h5-6,9H,1-4,7-8,11H2. The lowest BCUT2D eigenvalue weighted by Gasteiger charge is -2.24. The molecular weight excluding hydrogens is 178 g/mol.